The third kappa shape index (κ3) is 4.44. The molecule has 0 radical (unpaired) electrons. The molecule has 0 amide bonds. The van der Waals surface area contributed by atoms with Crippen molar-refractivity contribution in [1.82, 2.24) is 9.78 Å². The highest BCUT2D eigenvalue weighted by Crippen LogP contribution is 2.26. The van der Waals surface area contributed by atoms with E-state index in [-0.39, 0.29) is 6.61 Å². The summed E-state index contributed by atoms with van der Waals surface area (Å²) < 4.78 is 1.91. The standard InChI is InChI=1S/C26H27N3O/c1-20-12-13-21(2)26(14-20)28(18-23-8-6-7-9-24(23)19-30)16-22-15-27-29(17-22)25-10-4-3-5-11-25/h3-15,17,30H,16,18-19H2,1-2H3. The lowest BCUT2D eigenvalue weighted by Crippen LogP contribution is -2.23. The monoisotopic (exact) mass is 397 g/mol. The maximum absolute atomic E-state index is 9.79. The molecule has 0 aliphatic rings. The molecule has 0 aliphatic carbocycles. The van der Waals surface area contributed by atoms with E-state index in [1.165, 1.54) is 16.8 Å². The second-order valence-electron chi connectivity index (χ2n) is 7.70. The number of aliphatic hydroxyl groups excluding tert-OH is 1. The van der Waals surface area contributed by atoms with Crippen LogP contribution in [0.4, 0.5) is 5.69 Å². The van der Waals surface area contributed by atoms with Crippen molar-refractivity contribution in [2.75, 3.05) is 4.90 Å². The first-order valence-electron chi connectivity index (χ1n) is 10.2. The van der Waals surface area contributed by atoms with Gasteiger partial charge in [-0.1, -0.05) is 54.6 Å². The molecule has 30 heavy (non-hydrogen) atoms. The van der Waals surface area contributed by atoms with Gasteiger partial charge in [0.05, 0.1) is 18.5 Å². The molecule has 1 aromatic heterocycles. The lowest BCUT2D eigenvalue weighted by molar-refractivity contribution is 0.280. The average Bonchev–Trinajstić information content (AvgIpc) is 3.24. The first kappa shape index (κ1) is 19.9. The summed E-state index contributed by atoms with van der Waals surface area (Å²) in [5.74, 6) is 0. The lowest BCUT2D eigenvalue weighted by Gasteiger charge is -2.27. The number of rotatable bonds is 7. The summed E-state index contributed by atoms with van der Waals surface area (Å²) in [6.45, 7) is 5.76. The van der Waals surface area contributed by atoms with Gasteiger partial charge in [-0.2, -0.15) is 5.10 Å². The van der Waals surface area contributed by atoms with Gasteiger partial charge in [0.1, 0.15) is 0 Å². The molecular formula is C26H27N3O. The average molecular weight is 398 g/mol. The van der Waals surface area contributed by atoms with Gasteiger partial charge in [-0.25, -0.2) is 4.68 Å². The van der Waals surface area contributed by atoms with Gasteiger partial charge < -0.3 is 10.0 Å². The van der Waals surface area contributed by atoms with Crippen LogP contribution in [0.2, 0.25) is 0 Å². The number of aromatic nitrogens is 2. The molecule has 4 heteroatoms. The second kappa shape index (κ2) is 8.97. The minimum absolute atomic E-state index is 0.0444. The fourth-order valence-corrected chi connectivity index (χ4v) is 3.74. The molecule has 4 rings (SSSR count). The van der Waals surface area contributed by atoms with Crippen LogP contribution in [-0.4, -0.2) is 14.9 Å². The maximum Gasteiger partial charge on any atom is 0.0685 e. The van der Waals surface area contributed by atoms with Crippen LogP contribution in [0.1, 0.15) is 27.8 Å². The first-order chi connectivity index (χ1) is 14.6. The number of anilines is 1. The van der Waals surface area contributed by atoms with Crippen molar-refractivity contribution >= 4 is 5.69 Å². The van der Waals surface area contributed by atoms with Crippen molar-refractivity contribution in [3.63, 3.8) is 0 Å². The molecule has 4 aromatic rings. The summed E-state index contributed by atoms with van der Waals surface area (Å²) in [5.41, 5.74) is 7.96. The molecule has 4 nitrogen and oxygen atoms in total. The van der Waals surface area contributed by atoms with E-state index in [4.69, 9.17) is 0 Å². The third-order valence-corrected chi connectivity index (χ3v) is 5.39. The highest BCUT2D eigenvalue weighted by molar-refractivity contribution is 5.56. The molecule has 0 fully saturated rings. The highest BCUT2D eigenvalue weighted by atomic mass is 16.3. The van der Waals surface area contributed by atoms with Crippen LogP contribution in [0.25, 0.3) is 5.69 Å². The summed E-state index contributed by atoms with van der Waals surface area (Å²) in [6, 6.07) is 24.8. The van der Waals surface area contributed by atoms with Gasteiger partial charge in [-0.05, 0) is 54.3 Å². The number of para-hydroxylation sites is 1. The second-order valence-corrected chi connectivity index (χ2v) is 7.70. The van der Waals surface area contributed by atoms with Crippen LogP contribution >= 0.6 is 0 Å². The number of aryl methyl sites for hydroxylation is 2. The maximum atomic E-state index is 9.79. The van der Waals surface area contributed by atoms with Gasteiger partial charge in [0.15, 0.2) is 0 Å². The Morgan fingerprint density at radius 1 is 0.867 bits per heavy atom. The first-order valence-corrected chi connectivity index (χ1v) is 10.2. The van der Waals surface area contributed by atoms with E-state index in [1.807, 2.05) is 47.3 Å². The number of hydrogen-bond donors (Lipinski definition) is 1. The molecule has 0 atom stereocenters. The Hall–Kier alpha value is -3.37. The Morgan fingerprint density at radius 3 is 2.37 bits per heavy atom. The smallest absolute Gasteiger partial charge is 0.0685 e. The van der Waals surface area contributed by atoms with E-state index < -0.39 is 0 Å². The number of hydrogen-bond acceptors (Lipinski definition) is 3. The molecule has 0 spiro atoms. The van der Waals surface area contributed by atoms with Crippen molar-refractivity contribution in [3.05, 3.63) is 113 Å². The zero-order valence-corrected chi connectivity index (χ0v) is 17.5. The molecule has 0 aliphatic heterocycles. The molecule has 1 N–H and O–H groups in total. The Balaban J connectivity index is 1.67. The number of nitrogens with zero attached hydrogens (tertiary/aromatic N) is 3. The Morgan fingerprint density at radius 2 is 1.60 bits per heavy atom. The van der Waals surface area contributed by atoms with Crippen LogP contribution in [0, 0.1) is 13.8 Å². The van der Waals surface area contributed by atoms with Crippen LogP contribution in [0.15, 0.2) is 85.2 Å². The molecule has 0 saturated carbocycles. The van der Waals surface area contributed by atoms with Crippen molar-refractivity contribution < 1.29 is 5.11 Å². The SMILES string of the molecule is Cc1ccc(C)c(N(Cc2cnn(-c3ccccc3)c2)Cc2ccccc2CO)c1. The van der Waals surface area contributed by atoms with Crippen molar-refractivity contribution in [2.24, 2.45) is 0 Å². The Labute approximate surface area is 178 Å². The Bertz CT molecular complexity index is 1120. The fraction of sp³-hybridized carbons (Fsp3) is 0.192. The van der Waals surface area contributed by atoms with E-state index in [1.54, 1.807) is 0 Å². The number of aliphatic hydroxyl groups is 1. The lowest BCUT2D eigenvalue weighted by atomic mass is 10.0. The van der Waals surface area contributed by atoms with Crippen molar-refractivity contribution in [2.45, 2.75) is 33.5 Å². The zero-order valence-electron chi connectivity index (χ0n) is 17.5. The van der Waals surface area contributed by atoms with Gasteiger partial charge in [0.2, 0.25) is 0 Å². The molecule has 0 bridgehead atoms. The molecule has 152 valence electrons. The summed E-state index contributed by atoms with van der Waals surface area (Å²) in [5, 5.41) is 14.4. The van der Waals surface area contributed by atoms with Gasteiger partial charge in [0.25, 0.3) is 0 Å². The summed E-state index contributed by atoms with van der Waals surface area (Å²) in [7, 11) is 0. The fourth-order valence-electron chi connectivity index (χ4n) is 3.74. The van der Waals surface area contributed by atoms with Gasteiger partial charge in [-0.15, -0.1) is 0 Å². The zero-order chi connectivity index (χ0) is 20.9. The Kier molecular flexibility index (Phi) is 5.96. The molecule has 3 aromatic carbocycles. The van der Waals surface area contributed by atoms with Crippen LogP contribution in [-0.2, 0) is 19.7 Å². The largest absolute Gasteiger partial charge is 0.392 e. The van der Waals surface area contributed by atoms with Crippen LogP contribution in [0.3, 0.4) is 0 Å². The molecule has 1 heterocycles. The highest BCUT2D eigenvalue weighted by Gasteiger charge is 2.14. The molecule has 0 saturated heterocycles. The van der Waals surface area contributed by atoms with Crippen molar-refractivity contribution in [3.8, 4) is 5.69 Å². The van der Waals surface area contributed by atoms with Gasteiger partial charge in [0, 0.05) is 30.5 Å². The quantitative estimate of drug-likeness (QED) is 0.467. The van der Waals surface area contributed by atoms with E-state index in [0.29, 0.717) is 0 Å². The molecule has 0 unspecified atom stereocenters. The van der Waals surface area contributed by atoms with E-state index in [2.05, 4.69) is 66.4 Å². The summed E-state index contributed by atoms with van der Waals surface area (Å²) >= 11 is 0. The van der Waals surface area contributed by atoms with Gasteiger partial charge in [-0.3, -0.25) is 0 Å². The number of benzene rings is 3. The van der Waals surface area contributed by atoms with E-state index in [0.717, 1.165) is 35.5 Å². The van der Waals surface area contributed by atoms with Gasteiger partial charge >= 0.3 is 0 Å². The van der Waals surface area contributed by atoms with Crippen LogP contribution < -0.4 is 4.90 Å². The van der Waals surface area contributed by atoms with Crippen molar-refractivity contribution in [1.29, 1.82) is 0 Å². The van der Waals surface area contributed by atoms with E-state index in [9.17, 15) is 5.11 Å². The van der Waals surface area contributed by atoms with E-state index >= 15 is 0 Å². The third-order valence-electron chi connectivity index (χ3n) is 5.39. The summed E-state index contributed by atoms with van der Waals surface area (Å²) in [4.78, 5) is 2.36. The molecular weight excluding hydrogens is 370 g/mol. The topological polar surface area (TPSA) is 41.3 Å². The van der Waals surface area contributed by atoms with Crippen LogP contribution in [0.5, 0.6) is 0 Å². The normalized spacial score (nSPS) is 10.9. The predicted molar refractivity (Wildman–Crippen MR) is 122 cm³/mol. The minimum atomic E-state index is 0.0444. The summed E-state index contributed by atoms with van der Waals surface area (Å²) in [6.07, 6.45) is 4.02. The predicted octanol–water partition coefficient (Wildman–Crippen LogP) is 5.19. The minimum Gasteiger partial charge on any atom is -0.392 e.